The molecule has 0 saturated heterocycles. The molecule has 1 aliphatic rings. The van der Waals surface area contributed by atoms with E-state index in [1.165, 1.54) is 25.3 Å². The predicted octanol–water partition coefficient (Wildman–Crippen LogP) is 3.50. The molecule has 2 heterocycles. The van der Waals surface area contributed by atoms with Crippen LogP contribution in [0.1, 0.15) is 30.5 Å². The molecule has 0 spiro atoms. The minimum Gasteiger partial charge on any atom is -0.497 e. The first kappa shape index (κ1) is 25.5. The normalized spacial score (nSPS) is 17.5. The molecule has 11 heteroatoms. The van der Waals surface area contributed by atoms with Crippen LogP contribution in [0.5, 0.6) is 11.5 Å². The summed E-state index contributed by atoms with van der Waals surface area (Å²) in [6.07, 6.45) is 0. The van der Waals surface area contributed by atoms with Crippen molar-refractivity contribution in [2.75, 3.05) is 13.7 Å². The van der Waals surface area contributed by atoms with E-state index in [0.29, 0.717) is 34.8 Å². The minimum absolute atomic E-state index is 0.0938. The Labute approximate surface area is 207 Å². The molecule has 0 bridgehead atoms. The van der Waals surface area contributed by atoms with Gasteiger partial charge in [-0.05, 0) is 55.3 Å². The van der Waals surface area contributed by atoms with Crippen LogP contribution in [-0.4, -0.2) is 37.9 Å². The molecule has 1 aliphatic heterocycles. The number of methoxy groups -OCH3 is 1. The van der Waals surface area contributed by atoms with Gasteiger partial charge in [0.15, 0.2) is 5.03 Å². The molecule has 0 aliphatic carbocycles. The molecule has 1 atom stereocenters. The Hall–Kier alpha value is -3.57. The van der Waals surface area contributed by atoms with Crippen molar-refractivity contribution in [3.63, 3.8) is 0 Å². The lowest BCUT2D eigenvalue weighted by molar-refractivity contribution is -0.131. The quantitative estimate of drug-likeness (QED) is 0.457. The maximum absolute atomic E-state index is 14.2. The van der Waals surface area contributed by atoms with Crippen LogP contribution in [0.4, 0.5) is 8.78 Å². The summed E-state index contributed by atoms with van der Waals surface area (Å²) >= 11 is 0. The molecule has 36 heavy (non-hydrogen) atoms. The third kappa shape index (κ3) is 4.76. The number of carbonyl (C=O) groups excluding carboxylic acids is 1. The maximum Gasteiger partial charge on any atom is 0.281 e. The van der Waals surface area contributed by atoms with Crippen LogP contribution in [0.3, 0.4) is 0 Å². The largest absolute Gasteiger partial charge is 0.497 e. The highest BCUT2D eigenvalue weighted by atomic mass is 32.2. The molecular weight excluding hydrogens is 492 g/mol. The van der Waals surface area contributed by atoms with Crippen molar-refractivity contribution >= 4 is 15.9 Å². The van der Waals surface area contributed by atoms with Crippen LogP contribution in [0.15, 0.2) is 59.6 Å². The summed E-state index contributed by atoms with van der Waals surface area (Å²) in [5.74, 6) is -1.51. The summed E-state index contributed by atoms with van der Waals surface area (Å²) in [4.78, 5) is 18.8. The van der Waals surface area contributed by atoms with Crippen molar-refractivity contribution in [2.45, 2.75) is 37.5 Å². The summed E-state index contributed by atoms with van der Waals surface area (Å²) in [6, 6.07) is 12.7. The maximum atomic E-state index is 14.2. The number of sulfonamides is 1. The number of aromatic nitrogens is 1. The Morgan fingerprint density at radius 1 is 1.17 bits per heavy atom. The molecule has 1 N–H and O–H groups in total. The number of benzene rings is 2. The molecule has 1 aromatic heterocycles. The number of carbonyl (C=O) groups is 1. The third-order valence-electron chi connectivity index (χ3n) is 6.11. The zero-order valence-corrected chi connectivity index (χ0v) is 20.7. The highest BCUT2D eigenvalue weighted by Gasteiger charge is 2.49. The Morgan fingerprint density at radius 2 is 1.92 bits per heavy atom. The van der Waals surface area contributed by atoms with Gasteiger partial charge < -0.3 is 9.47 Å². The van der Waals surface area contributed by atoms with Gasteiger partial charge in [-0.3, -0.25) is 9.69 Å². The average molecular weight is 518 g/mol. The van der Waals surface area contributed by atoms with E-state index in [9.17, 15) is 22.0 Å². The first-order chi connectivity index (χ1) is 17.1. The van der Waals surface area contributed by atoms with Crippen molar-refractivity contribution in [1.29, 1.82) is 0 Å². The number of nitrogens with one attached hydrogen (secondary N) is 1. The second-order valence-electron chi connectivity index (χ2n) is 8.38. The van der Waals surface area contributed by atoms with Gasteiger partial charge in [0.2, 0.25) is 5.95 Å². The van der Waals surface area contributed by atoms with Crippen LogP contribution < -0.4 is 14.2 Å². The first-order valence-corrected chi connectivity index (χ1v) is 12.6. The molecule has 0 fully saturated rings. The second-order valence-corrected chi connectivity index (χ2v) is 10.0. The fraction of sp³-hybridized carbons (Fsp3) is 0.280. The fourth-order valence-electron chi connectivity index (χ4n) is 4.34. The molecule has 1 unspecified atom stereocenters. The zero-order valence-electron chi connectivity index (χ0n) is 19.9. The van der Waals surface area contributed by atoms with Crippen LogP contribution >= 0.6 is 0 Å². The van der Waals surface area contributed by atoms with E-state index >= 15 is 0 Å². The molecule has 1 amide bonds. The molecule has 0 radical (unpaired) electrons. The summed E-state index contributed by atoms with van der Waals surface area (Å²) in [7, 11) is -3.06. The van der Waals surface area contributed by atoms with E-state index in [1.807, 2.05) is 11.6 Å². The van der Waals surface area contributed by atoms with Gasteiger partial charge in [-0.15, -0.1) is 0 Å². The van der Waals surface area contributed by atoms with Gasteiger partial charge >= 0.3 is 0 Å². The molecule has 8 nitrogen and oxygen atoms in total. The third-order valence-corrected chi connectivity index (χ3v) is 7.35. The topological polar surface area (TPSA) is 97.8 Å². The number of rotatable bonds is 8. The molecule has 190 valence electrons. The van der Waals surface area contributed by atoms with Gasteiger partial charge in [0, 0.05) is 24.7 Å². The van der Waals surface area contributed by atoms with Gasteiger partial charge in [-0.25, -0.2) is 14.1 Å². The van der Waals surface area contributed by atoms with Crippen LogP contribution in [-0.2, 0) is 33.4 Å². The van der Waals surface area contributed by atoms with Crippen molar-refractivity contribution < 1.29 is 31.5 Å². The fourth-order valence-corrected chi connectivity index (χ4v) is 5.35. The summed E-state index contributed by atoms with van der Waals surface area (Å²) < 4.78 is 66.5. The minimum atomic E-state index is -4.48. The van der Waals surface area contributed by atoms with Crippen molar-refractivity contribution in [3.05, 3.63) is 83.1 Å². The SMILES string of the molecule is CCOc1cccc2c1CN(Cc1cc(F)cc(OC)c1)C2(C)C(=O)NS(=O)(=O)c1cccc(F)n1. The zero-order chi connectivity index (χ0) is 26.1. The number of hydrogen-bond acceptors (Lipinski definition) is 7. The van der Waals surface area contributed by atoms with E-state index < -0.39 is 38.3 Å². The first-order valence-electron chi connectivity index (χ1n) is 11.1. The molecule has 0 saturated carbocycles. The lowest BCUT2D eigenvalue weighted by Gasteiger charge is -2.34. The summed E-state index contributed by atoms with van der Waals surface area (Å²) in [5, 5.41) is -0.623. The summed E-state index contributed by atoms with van der Waals surface area (Å²) in [5.41, 5.74) is 0.271. The summed E-state index contributed by atoms with van der Waals surface area (Å²) in [6.45, 7) is 4.12. The van der Waals surface area contributed by atoms with E-state index in [-0.39, 0.29) is 13.1 Å². The Balaban J connectivity index is 1.76. The van der Waals surface area contributed by atoms with Gasteiger partial charge in [0.05, 0.1) is 13.7 Å². The van der Waals surface area contributed by atoms with E-state index in [0.717, 1.165) is 12.1 Å². The standard InChI is InChI=1S/C25H25F2N3O5S/c1-4-35-21-8-5-7-20-19(21)15-30(14-16-11-17(26)13-18(12-16)34-3)25(20,2)24(31)29-36(32,33)23-10-6-9-22(27)28-23/h5-13H,4,14-15H2,1-3H3,(H,29,31). The Bertz CT molecular complexity index is 1420. The lowest BCUT2D eigenvalue weighted by atomic mass is 9.90. The molecular formula is C25H25F2N3O5S. The van der Waals surface area contributed by atoms with Gasteiger partial charge in [0.25, 0.3) is 15.9 Å². The van der Waals surface area contributed by atoms with Crippen LogP contribution in [0.25, 0.3) is 0 Å². The molecule has 2 aromatic carbocycles. The highest BCUT2D eigenvalue weighted by molar-refractivity contribution is 7.90. The van der Waals surface area contributed by atoms with Gasteiger partial charge in [-0.1, -0.05) is 18.2 Å². The van der Waals surface area contributed by atoms with Gasteiger partial charge in [0.1, 0.15) is 22.9 Å². The number of fused-ring (bicyclic) bond motifs is 1. The van der Waals surface area contributed by atoms with E-state index in [1.54, 1.807) is 36.1 Å². The second kappa shape index (κ2) is 9.82. The van der Waals surface area contributed by atoms with Crippen molar-refractivity contribution in [3.8, 4) is 11.5 Å². The Morgan fingerprint density at radius 3 is 2.61 bits per heavy atom. The monoisotopic (exact) mass is 517 g/mol. The van der Waals surface area contributed by atoms with Crippen LogP contribution in [0, 0.1) is 11.8 Å². The van der Waals surface area contributed by atoms with Crippen LogP contribution in [0.2, 0.25) is 0 Å². The number of hydrogen-bond donors (Lipinski definition) is 1. The number of pyridine rings is 1. The highest BCUT2D eigenvalue weighted by Crippen LogP contribution is 2.44. The average Bonchev–Trinajstić information content (AvgIpc) is 3.12. The molecule has 3 aromatic rings. The van der Waals surface area contributed by atoms with Crippen molar-refractivity contribution in [2.24, 2.45) is 0 Å². The smallest absolute Gasteiger partial charge is 0.281 e. The number of nitrogens with zero attached hydrogens (tertiary/aromatic N) is 2. The molecule has 4 rings (SSSR count). The van der Waals surface area contributed by atoms with E-state index in [4.69, 9.17) is 9.47 Å². The van der Waals surface area contributed by atoms with Gasteiger partial charge in [-0.2, -0.15) is 12.8 Å². The van der Waals surface area contributed by atoms with Crippen molar-refractivity contribution in [1.82, 2.24) is 14.6 Å². The predicted molar refractivity (Wildman–Crippen MR) is 127 cm³/mol. The number of ether oxygens (including phenoxy) is 2. The van der Waals surface area contributed by atoms with E-state index in [2.05, 4.69) is 4.98 Å². The number of amides is 1. The lowest BCUT2D eigenvalue weighted by Crippen LogP contribution is -2.52. The number of halogens is 2. The Kier molecular flexibility index (Phi) is 6.96.